The molecule has 1 aliphatic rings. The molecule has 0 aromatic rings. The van der Waals surface area contributed by atoms with Crippen LogP contribution in [-0.2, 0) is 4.79 Å². The van der Waals surface area contributed by atoms with Crippen molar-refractivity contribution < 1.29 is 4.79 Å². The molecule has 100 valence electrons. The highest BCUT2D eigenvalue weighted by Crippen LogP contribution is 2.25. The second-order valence-electron chi connectivity index (χ2n) is 5.35. The van der Waals surface area contributed by atoms with Gasteiger partial charge in [-0.05, 0) is 25.2 Å². The van der Waals surface area contributed by atoms with Gasteiger partial charge in [0.25, 0.3) is 0 Å². The first kappa shape index (κ1) is 14.5. The van der Waals surface area contributed by atoms with Crippen molar-refractivity contribution in [1.29, 1.82) is 0 Å². The van der Waals surface area contributed by atoms with Crippen molar-refractivity contribution >= 4 is 5.91 Å². The lowest BCUT2D eigenvalue weighted by atomic mass is 9.96. The molecular weight excluding hydrogens is 212 g/mol. The van der Waals surface area contributed by atoms with Gasteiger partial charge in [0.05, 0.1) is 0 Å². The number of carbonyl (C=O) groups excluding carboxylic acids is 1. The van der Waals surface area contributed by atoms with Crippen LogP contribution in [0.2, 0.25) is 0 Å². The summed E-state index contributed by atoms with van der Waals surface area (Å²) in [6.45, 7) is 2.68. The number of hydrogen-bond acceptors (Lipinski definition) is 2. The Hall–Kier alpha value is -0.570. The van der Waals surface area contributed by atoms with Crippen molar-refractivity contribution in [2.45, 2.75) is 70.8 Å². The Bertz CT molecular complexity index is 210. The van der Waals surface area contributed by atoms with E-state index in [0.717, 1.165) is 12.8 Å². The van der Waals surface area contributed by atoms with E-state index in [2.05, 4.69) is 12.2 Å². The molecular formula is C14H28N2O. The molecule has 3 heteroatoms. The average molecular weight is 240 g/mol. The van der Waals surface area contributed by atoms with Crippen molar-refractivity contribution in [3.63, 3.8) is 0 Å². The first-order valence-corrected chi connectivity index (χ1v) is 7.25. The Morgan fingerprint density at radius 2 is 1.94 bits per heavy atom. The molecule has 0 aromatic carbocycles. The van der Waals surface area contributed by atoms with E-state index in [-0.39, 0.29) is 11.9 Å². The summed E-state index contributed by atoms with van der Waals surface area (Å²) in [7, 11) is 0. The largest absolute Gasteiger partial charge is 0.352 e. The first-order valence-electron chi connectivity index (χ1n) is 7.25. The second kappa shape index (κ2) is 8.51. The zero-order valence-electron chi connectivity index (χ0n) is 11.2. The molecule has 0 radical (unpaired) electrons. The Morgan fingerprint density at radius 1 is 1.29 bits per heavy atom. The van der Waals surface area contributed by atoms with Gasteiger partial charge in [-0.3, -0.25) is 4.79 Å². The number of nitrogens with one attached hydrogen (secondary N) is 1. The standard InChI is InChI=1S/C14H28N2O/c1-2-7-13(11-15)16-14(17)10-12-8-5-3-4-6-9-12/h12-13H,2-11,15H2,1H3,(H,16,17). The van der Waals surface area contributed by atoms with E-state index in [1.165, 1.54) is 38.5 Å². The van der Waals surface area contributed by atoms with Gasteiger partial charge < -0.3 is 11.1 Å². The molecule has 1 saturated carbocycles. The quantitative estimate of drug-likeness (QED) is 0.701. The number of rotatable bonds is 6. The first-order chi connectivity index (χ1) is 8.26. The lowest BCUT2D eigenvalue weighted by molar-refractivity contribution is -0.122. The molecule has 17 heavy (non-hydrogen) atoms. The third kappa shape index (κ3) is 6.06. The van der Waals surface area contributed by atoms with Crippen LogP contribution in [0.1, 0.15) is 64.7 Å². The maximum absolute atomic E-state index is 11.9. The highest BCUT2D eigenvalue weighted by atomic mass is 16.1. The van der Waals surface area contributed by atoms with Crippen LogP contribution < -0.4 is 11.1 Å². The van der Waals surface area contributed by atoms with Crippen molar-refractivity contribution in [3.8, 4) is 0 Å². The molecule has 3 N–H and O–H groups in total. The van der Waals surface area contributed by atoms with Crippen molar-refractivity contribution in [2.75, 3.05) is 6.54 Å². The summed E-state index contributed by atoms with van der Waals surface area (Å²) in [6.07, 6.45) is 10.5. The monoisotopic (exact) mass is 240 g/mol. The van der Waals surface area contributed by atoms with E-state index >= 15 is 0 Å². The van der Waals surface area contributed by atoms with E-state index in [1.54, 1.807) is 0 Å². The lowest BCUT2D eigenvalue weighted by Gasteiger charge is -2.18. The summed E-state index contributed by atoms with van der Waals surface area (Å²) >= 11 is 0. The Balaban J connectivity index is 2.26. The fraction of sp³-hybridized carbons (Fsp3) is 0.929. The molecule has 1 fully saturated rings. The molecule has 0 spiro atoms. The van der Waals surface area contributed by atoms with Gasteiger partial charge in [0.2, 0.25) is 5.91 Å². The van der Waals surface area contributed by atoms with E-state index in [4.69, 9.17) is 5.73 Å². The minimum absolute atomic E-state index is 0.179. The topological polar surface area (TPSA) is 55.1 Å². The molecule has 1 atom stereocenters. The third-order valence-electron chi connectivity index (χ3n) is 3.74. The minimum atomic E-state index is 0.179. The molecule has 0 heterocycles. The zero-order chi connectivity index (χ0) is 12.5. The molecule has 0 aliphatic heterocycles. The number of nitrogens with two attached hydrogens (primary N) is 1. The van der Waals surface area contributed by atoms with Crippen LogP contribution in [0.15, 0.2) is 0 Å². The van der Waals surface area contributed by atoms with Gasteiger partial charge in [-0.25, -0.2) is 0 Å². The van der Waals surface area contributed by atoms with Crippen LogP contribution in [0.3, 0.4) is 0 Å². The van der Waals surface area contributed by atoms with Gasteiger partial charge in [-0.15, -0.1) is 0 Å². The molecule has 0 bridgehead atoms. The second-order valence-corrected chi connectivity index (χ2v) is 5.35. The zero-order valence-corrected chi connectivity index (χ0v) is 11.2. The number of carbonyl (C=O) groups is 1. The Kier molecular flexibility index (Phi) is 7.25. The Labute approximate surface area is 106 Å². The number of hydrogen-bond donors (Lipinski definition) is 2. The van der Waals surface area contributed by atoms with E-state index in [9.17, 15) is 4.79 Å². The van der Waals surface area contributed by atoms with Crippen molar-refractivity contribution in [3.05, 3.63) is 0 Å². The Morgan fingerprint density at radius 3 is 2.47 bits per heavy atom. The van der Waals surface area contributed by atoms with Gasteiger partial charge in [0.15, 0.2) is 0 Å². The number of amides is 1. The lowest BCUT2D eigenvalue weighted by Crippen LogP contribution is -2.40. The molecule has 1 aliphatic carbocycles. The van der Waals surface area contributed by atoms with Crippen LogP contribution in [0.25, 0.3) is 0 Å². The average Bonchev–Trinajstić information content (AvgIpc) is 2.57. The maximum atomic E-state index is 11.9. The van der Waals surface area contributed by atoms with E-state index in [1.807, 2.05) is 0 Å². The summed E-state index contributed by atoms with van der Waals surface area (Å²) in [5.41, 5.74) is 5.65. The van der Waals surface area contributed by atoms with Gasteiger partial charge in [0.1, 0.15) is 0 Å². The summed E-state index contributed by atoms with van der Waals surface area (Å²) < 4.78 is 0. The fourth-order valence-electron chi connectivity index (χ4n) is 2.71. The highest BCUT2D eigenvalue weighted by molar-refractivity contribution is 5.76. The van der Waals surface area contributed by atoms with Gasteiger partial charge >= 0.3 is 0 Å². The molecule has 1 unspecified atom stereocenters. The SMILES string of the molecule is CCCC(CN)NC(=O)CC1CCCCCC1. The molecule has 0 aromatic heterocycles. The van der Waals surface area contributed by atoms with Gasteiger partial charge in [0, 0.05) is 19.0 Å². The summed E-state index contributed by atoms with van der Waals surface area (Å²) in [5.74, 6) is 0.818. The smallest absolute Gasteiger partial charge is 0.220 e. The summed E-state index contributed by atoms with van der Waals surface area (Å²) in [6, 6.07) is 0.179. The van der Waals surface area contributed by atoms with Crippen LogP contribution in [0.4, 0.5) is 0 Å². The van der Waals surface area contributed by atoms with Crippen molar-refractivity contribution in [2.24, 2.45) is 11.7 Å². The van der Waals surface area contributed by atoms with E-state index in [0.29, 0.717) is 18.9 Å². The third-order valence-corrected chi connectivity index (χ3v) is 3.74. The van der Waals surface area contributed by atoms with Gasteiger partial charge in [-0.1, -0.05) is 39.0 Å². The van der Waals surface area contributed by atoms with Crippen molar-refractivity contribution in [1.82, 2.24) is 5.32 Å². The molecule has 0 saturated heterocycles. The van der Waals surface area contributed by atoms with Crippen LogP contribution in [0, 0.1) is 5.92 Å². The van der Waals surface area contributed by atoms with Crippen LogP contribution in [-0.4, -0.2) is 18.5 Å². The normalized spacial score (nSPS) is 19.6. The maximum Gasteiger partial charge on any atom is 0.220 e. The highest BCUT2D eigenvalue weighted by Gasteiger charge is 2.17. The molecule has 1 amide bonds. The fourth-order valence-corrected chi connectivity index (χ4v) is 2.71. The predicted octanol–water partition coefficient (Wildman–Crippen LogP) is 2.59. The summed E-state index contributed by atoms with van der Waals surface area (Å²) in [4.78, 5) is 11.9. The van der Waals surface area contributed by atoms with E-state index < -0.39 is 0 Å². The molecule has 3 nitrogen and oxygen atoms in total. The predicted molar refractivity (Wildman–Crippen MR) is 71.7 cm³/mol. The van der Waals surface area contributed by atoms with Crippen LogP contribution in [0.5, 0.6) is 0 Å². The summed E-state index contributed by atoms with van der Waals surface area (Å²) in [5, 5.41) is 3.07. The van der Waals surface area contributed by atoms with Gasteiger partial charge in [-0.2, -0.15) is 0 Å². The van der Waals surface area contributed by atoms with Crippen LogP contribution >= 0.6 is 0 Å². The minimum Gasteiger partial charge on any atom is -0.352 e. The molecule has 1 rings (SSSR count).